The lowest BCUT2D eigenvalue weighted by Crippen LogP contribution is -2.66. The summed E-state index contributed by atoms with van der Waals surface area (Å²) < 4.78 is 5.23. The minimum absolute atomic E-state index is 0.0243. The van der Waals surface area contributed by atoms with Crippen LogP contribution in [-0.2, 0) is 4.79 Å². The summed E-state index contributed by atoms with van der Waals surface area (Å²) in [5, 5.41) is 10.3. The topological polar surface area (TPSA) is 66.8 Å². The van der Waals surface area contributed by atoms with E-state index in [1.165, 1.54) is 6.42 Å². The van der Waals surface area contributed by atoms with Gasteiger partial charge in [0.2, 0.25) is 5.91 Å². The van der Waals surface area contributed by atoms with E-state index in [0.717, 1.165) is 44.9 Å². The molecule has 0 bridgehead atoms. The van der Waals surface area contributed by atoms with Crippen LogP contribution in [0, 0.1) is 29.1 Å². The number of rotatable bonds is 2. The first kappa shape index (κ1) is 21.9. The molecular formula is C27H37NO4. The van der Waals surface area contributed by atoms with E-state index in [1.807, 2.05) is 0 Å². The van der Waals surface area contributed by atoms with Crippen molar-refractivity contribution in [2.24, 2.45) is 29.1 Å². The van der Waals surface area contributed by atoms with Crippen molar-refractivity contribution in [2.75, 3.05) is 7.11 Å². The average molecular weight is 440 g/mol. The Morgan fingerprint density at radius 1 is 1.03 bits per heavy atom. The van der Waals surface area contributed by atoms with Crippen molar-refractivity contribution in [1.82, 2.24) is 4.90 Å². The Morgan fingerprint density at radius 2 is 1.78 bits per heavy atom. The zero-order valence-corrected chi connectivity index (χ0v) is 19.7. The fraction of sp³-hybridized carbons (Fsp3) is 0.704. The summed E-state index contributed by atoms with van der Waals surface area (Å²) in [7, 11) is 1.61. The molecule has 5 rings (SSSR count). The standard InChI is InChI=1S/C27H37NO4/c1-26-14-12-19(29)16-18(26)6-9-21-22(26)13-15-27(2)23(21)10-11-24(30)28(27)25(31)17-4-7-20(32-3)8-5-17/h4-5,7-8,18-19,21-23,29H,6,9-16H2,1-3H3/t18?,19-,21+,22-,23-,26-,27-/m0/s1. The Kier molecular flexibility index (Phi) is 5.39. The van der Waals surface area contributed by atoms with Gasteiger partial charge in [0, 0.05) is 12.0 Å². The van der Waals surface area contributed by atoms with Gasteiger partial charge in [0.15, 0.2) is 0 Å². The third-order valence-corrected chi connectivity index (χ3v) is 9.96. The summed E-state index contributed by atoms with van der Waals surface area (Å²) in [5.74, 6) is 2.69. The lowest BCUT2D eigenvalue weighted by atomic mass is 9.45. The summed E-state index contributed by atoms with van der Waals surface area (Å²) in [4.78, 5) is 28.4. The van der Waals surface area contributed by atoms with Crippen LogP contribution >= 0.6 is 0 Å². The maximum atomic E-state index is 13.6. The Labute approximate surface area is 191 Å². The molecule has 1 aromatic carbocycles. The number of piperidine rings is 1. The first-order valence-electron chi connectivity index (χ1n) is 12.5. The van der Waals surface area contributed by atoms with Gasteiger partial charge in [-0.15, -0.1) is 0 Å². The van der Waals surface area contributed by atoms with E-state index in [2.05, 4.69) is 13.8 Å². The molecule has 1 heterocycles. The minimum Gasteiger partial charge on any atom is -0.497 e. The van der Waals surface area contributed by atoms with Gasteiger partial charge in [0.05, 0.1) is 18.8 Å². The maximum absolute atomic E-state index is 13.6. The molecule has 3 saturated carbocycles. The lowest BCUT2D eigenvalue weighted by molar-refractivity contribution is -0.162. The number of likely N-dealkylation sites (tertiary alicyclic amines) is 1. The van der Waals surface area contributed by atoms with Crippen LogP contribution in [-0.4, -0.2) is 40.6 Å². The van der Waals surface area contributed by atoms with E-state index in [4.69, 9.17) is 4.74 Å². The van der Waals surface area contributed by atoms with Gasteiger partial charge in [-0.2, -0.15) is 0 Å². The Morgan fingerprint density at radius 3 is 2.50 bits per heavy atom. The number of hydrogen-bond donors (Lipinski definition) is 1. The third kappa shape index (κ3) is 3.22. The number of aliphatic hydroxyl groups excluding tert-OH is 1. The molecule has 174 valence electrons. The largest absolute Gasteiger partial charge is 0.497 e. The molecule has 4 aliphatic rings. The van der Waals surface area contributed by atoms with Gasteiger partial charge in [-0.25, -0.2) is 0 Å². The van der Waals surface area contributed by atoms with E-state index in [1.54, 1.807) is 36.3 Å². The van der Waals surface area contributed by atoms with Crippen LogP contribution in [0.5, 0.6) is 5.75 Å². The first-order valence-corrected chi connectivity index (χ1v) is 12.5. The molecule has 4 fully saturated rings. The van der Waals surface area contributed by atoms with Crippen molar-refractivity contribution in [1.29, 1.82) is 0 Å². The summed E-state index contributed by atoms with van der Waals surface area (Å²) in [6.45, 7) is 4.64. The molecular weight excluding hydrogens is 402 g/mol. The SMILES string of the molecule is COc1ccc(C(=O)N2C(=O)CC[C@H]3[C@@H]4CCC5C[C@@H](O)CC[C@]5(C)[C@H]4CC[C@@]32C)cc1. The number of hydrogen-bond acceptors (Lipinski definition) is 4. The van der Waals surface area contributed by atoms with Crippen LogP contribution in [0.2, 0.25) is 0 Å². The Bertz CT molecular complexity index is 897. The van der Waals surface area contributed by atoms with Crippen LogP contribution in [0.25, 0.3) is 0 Å². The molecule has 7 atom stereocenters. The van der Waals surface area contributed by atoms with E-state index < -0.39 is 5.54 Å². The zero-order valence-electron chi connectivity index (χ0n) is 19.7. The van der Waals surface area contributed by atoms with Gasteiger partial charge in [0.1, 0.15) is 5.75 Å². The highest BCUT2D eigenvalue weighted by Gasteiger charge is 2.60. The lowest BCUT2D eigenvalue weighted by Gasteiger charge is -2.63. The van der Waals surface area contributed by atoms with E-state index in [-0.39, 0.29) is 23.3 Å². The van der Waals surface area contributed by atoms with Gasteiger partial charge in [0.25, 0.3) is 5.91 Å². The number of imide groups is 1. The zero-order chi connectivity index (χ0) is 22.7. The number of carbonyl (C=O) groups is 2. The highest BCUT2D eigenvalue weighted by atomic mass is 16.5. The number of aliphatic hydroxyl groups is 1. The van der Waals surface area contributed by atoms with Gasteiger partial charge < -0.3 is 9.84 Å². The highest BCUT2D eigenvalue weighted by Crippen LogP contribution is 2.63. The highest BCUT2D eigenvalue weighted by molar-refractivity contribution is 6.06. The number of fused-ring (bicyclic) bond motifs is 5. The van der Waals surface area contributed by atoms with Crippen LogP contribution in [0.15, 0.2) is 24.3 Å². The molecule has 0 aromatic heterocycles. The van der Waals surface area contributed by atoms with Crippen molar-refractivity contribution in [2.45, 2.75) is 83.3 Å². The number of ether oxygens (including phenoxy) is 1. The van der Waals surface area contributed by atoms with E-state index in [0.29, 0.717) is 41.4 Å². The predicted molar refractivity (Wildman–Crippen MR) is 122 cm³/mol. The molecule has 1 aromatic rings. The van der Waals surface area contributed by atoms with Gasteiger partial charge in [-0.05, 0) is 112 Å². The molecule has 5 heteroatoms. The number of nitrogens with zero attached hydrogens (tertiary/aromatic N) is 1. The fourth-order valence-electron chi connectivity index (χ4n) is 8.22. The van der Waals surface area contributed by atoms with Crippen molar-refractivity contribution in [3.05, 3.63) is 29.8 Å². The van der Waals surface area contributed by atoms with Crippen LogP contribution in [0.4, 0.5) is 0 Å². The monoisotopic (exact) mass is 439 g/mol. The van der Waals surface area contributed by atoms with Crippen molar-refractivity contribution < 1.29 is 19.4 Å². The molecule has 1 unspecified atom stereocenters. The van der Waals surface area contributed by atoms with Gasteiger partial charge >= 0.3 is 0 Å². The molecule has 0 radical (unpaired) electrons. The molecule has 1 aliphatic heterocycles. The number of benzene rings is 1. The average Bonchev–Trinajstić information content (AvgIpc) is 2.78. The second kappa shape index (κ2) is 7.86. The molecule has 1 N–H and O–H groups in total. The smallest absolute Gasteiger partial charge is 0.260 e. The first-order chi connectivity index (χ1) is 15.3. The van der Waals surface area contributed by atoms with Crippen LogP contribution in [0.3, 0.4) is 0 Å². The van der Waals surface area contributed by atoms with E-state index >= 15 is 0 Å². The number of amides is 2. The Hall–Kier alpha value is -1.88. The summed E-state index contributed by atoms with van der Waals surface area (Å²) in [5.41, 5.74) is 0.431. The molecule has 1 saturated heterocycles. The molecule has 32 heavy (non-hydrogen) atoms. The molecule has 5 nitrogen and oxygen atoms in total. The molecule has 3 aliphatic carbocycles. The summed E-state index contributed by atoms with van der Waals surface area (Å²) in [6.07, 6.45) is 8.48. The van der Waals surface area contributed by atoms with Gasteiger partial charge in [-0.1, -0.05) is 6.92 Å². The van der Waals surface area contributed by atoms with Crippen molar-refractivity contribution in [3.63, 3.8) is 0 Å². The van der Waals surface area contributed by atoms with Crippen LogP contribution < -0.4 is 4.74 Å². The molecule has 0 spiro atoms. The van der Waals surface area contributed by atoms with E-state index in [9.17, 15) is 14.7 Å². The minimum atomic E-state index is -0.412. The predicted octanol–water partition coefficient (Wildman–Crippen LogP) is 4.82. The quantitative estimate of drug-likeness (QED) is 0.671. The van der Waals surface area contributed by atoms with Crippen molar-refractivity contribution >= 4 is 11.8 Å². The normalized spacial score (nSPS) is 41.3. The van der Waals surface area contributed by atoms with Crippen molar-refractivity contribution in [3.8, 4) is 5.75 Å². The summed E-state index contributed by atoms with van der Waals surface area (Å²) >= 11 is 0. The molecule has 2 amide bonds. The number of carbonyl (C=O) groups excluding carboxylic acids is 2. The third-order valence-electron chi connectivity index (χ3n) is 9.96. The maximum Gasteiger partial charge on any atom is 0.260 e. The Balaban J connectivity index is 1.44. The summed E-state index contributed by atoms with van der Waals surface area (Å²) in [6, 6.07) is 7.12. The second-order valence-corrected chi connectivity index (χ2v) is 11.3. The van der Waals surface area contributed by atoms with Gasteiger partial charge in [-0.3, -0.25) is 14.5 Å². The number of methoxy groups -OCH3 is 1. The van der Waals surface area contributed by atoms with Crippen LogP contribution in [0.1, 0.15) is 82.0 Å². The second-order valence-electron chi connectivity index (χ2n) is 11.3. The fourth-order valence-corrected chi connectivity index (χ4v) is 8.22.